The Morgan fingerprint density at radius 2 is 1.95 bits per heavy atom. The summed E-state index contributed by atoms with van der Waals surface area (Å²) in [5.41, 5.74) is 8.66. The van der Waals surface area contributed by atoms with Gasteiger partial charge in [0.15, 0.2) is 0 Å². The molecular formula is C15H17N3O. The minimum atomic E-state index is -0.199. The third-order valence-electron chi connectivity index (χ3n) is 2.77. The smallest absolute Gasteiger partial charge is 0.274 e. The number of aryl methyl sites for hydroxylation is 1. The number of amides is 1. The van der Waals surface area contributed by atoms with Crippen LogP contribution in [0, 0.1) is 6.92 Å². The van der Waals surface area contributed by atoms with Gasteiger partial charge in [-0.05, 0) is 49.7 Å². The normalized spacial score (nSPS) is 10.2. The largest absolute Gasteiger partial charge is 0.330 e. The average molecular weight is 255 g/mol. The lowest BCUT2D eigenvalue weighted by Gasteiger charge is -2.06. The molecule has 1 aromatic heterocycles. The molecule has 2 rings (SSSR count). The Morgan fingerprint density at radius 3 is 2.58 bits per heavy atom. The molecule has 0 spiro atoms. The van der Waals surface area contributed by atoms with Crippen LogP contribution >= 0.6 is 0 Å². The van der Waals surface area contributed by atoms with Gasteiger partial charge in [-0.1, -0.05) is 18.2 Å². The van der Waals surface area contributed by atoms with Gasteiger partial charge in [0.1, 0.15) is 5.69 Å². The van der Waals surface area contributed by atoms with E-state index in [4.69, 9.17) is 5.73 Å². The van der Waals surface area contributed by atoms with Crippen molar-refractivity contribution in [3.63, 3.8) is 0 Å². The zero-order chi connectivity index (χ0) is 13.7. The van der Waals surface area contributed by atoms with E-state index in [2.05, 4.69) is 10.3 Å². The number of nitrogens with zero attached hydrogens (tertiary/aromatic N) is 1. The third kappa shape index (κ3) is 3.63. The van der Waals surface area contributed by atoms with Crippen molar-refractivity contribution in [3.05, 3.63) is 59.4 Å². The number of anilines is 1. The molecule has 0 unspecified atom stereocenters. The highest BCUT2D eigenvalue weighted by atomic mass is 16.1. The Balaban J connectivity index is 2.06. The molecule has 0 saturated carbocycles. The maximum Gasteiger partial charge on any atom is 0.274 e. The summed E-state index contributed by atoms with van der Waals surface area (Å²) in [6.45, 7) is 2.48. The van der Waals surface area contributed by atoms with Gasteiger partial charge >= 0.3 is 0 Å². The van der Waals surface area contributed by atoms with E-state index in [1.54, 1.807) is 6.07 Å². The molecule has 4 nitrogen and oxygen atoms in total. The van der Waals surface area contributed by atoms with Gasteiger partial charge < -0.3 is 11.1 Å². The van der Waals surface area contributed by atoms with E-state index >= 15 is 0 Å². The van der Waals surface area contributed by atoms with Gasteiger partial charge in [0.05, 0.1) is 0 Å². The van der Waals surface area contributed by atoms with Crippen molar-refractivity contribution in [2.24, 2.45) is 5.73 Å². The van der Waals surface area contributed by atoms with E-state index < -0.39 is 0 Å². The average Bonchev–Trinajstić information content (AvgIpc) is 2.41. The second-order valence-electron chi connectivity index (χ2n) is 4.35. The van der Waals surface area contributed by atoms with Crippen LogP contribution in [0.4, 0.5) is 5.69 Å². The summed E-state index contributed by atoms with van der Waals surface area (Å²) in [5.74, 6) is -0.199. The number of hydrogen-bond donors (Lipinski definition) is 2. The van der Waals surface area contributed by atoms with Gasteiger partial charge in [0.25, 0.3) is 5.91 Å². The highest BCUT2D eigenvalue weighted by molar-refractivity contribution is 6.02. The van der Waals surface area contributed by atoms with Crippen molar-refractivity contribution in [1.82, 2.24) is 4.98 Å². The van der Waals surface area contributed by atoms with Gasteiger partial charge in [0.2, 0.25) is 0 Å². The standard InChI is InChI=1S/C15H17N3O/c1-11-3-2-4-14(17-11)15(19)18-13-7-5-12(6-8-13)9-10-16/h2-8H,9-10,16H2,1H3,(H,18,19). The summed E-state index contributed by atoms with van der Waals surface area (Å²) in [5, 5.41) is 2.82. The highest BCUT2D eigenvalue weighted by Gasteiger charge is 2.07. The monoisotopic (exact) mass is 255 g/mol. The number of aromatic nitrogens is 1. The zero-order valence-corrected chi connectivity index (χ0v) is 10.9. The number of pyridine rings is 1. The third-order valence-corrected chi connectivity index (χ3v) is 2.77. The lowest BCUT2D eigenvalue weighted by molar-refractivity contribution is 0.102. The van der Waals surface area contributed by atoms with E-state index in [-0.39, 0.29) is 5.91 Å². The summed E-state index contributed by atoms with van der Waals surface area (Å²) in [7, 11) is 0. The van der Waals surface area contributed by atoms with Crippen LogP contribution in [-0.2, 0) is 6.42 Å². The second kappa shape index (κ2) is 6.11. The molecule has 1 aromatic carbocycles. The van der Waals surface area contributed by atoms with E-state index in [0.29, 0.717) is 12.2 Å². The van der Waals surface area contributed by atoms with Gasteiger partial charge in [-0.25, -0.2) is 4.98 Å². The first-order valence-electron chi connectivity index (χ1n) is 6.23. The fraction of sp³-hybridized carbons (Fsp3) is 0.200. The van der Waals surface area contributed by atoms with Crippen molar-refractivity contribution in [3.8, 4) is 0 Å². The summed E-state index contributed by atoms with van der Waals surface area (Å²) >= 11 is 0. The maximum absolute atomic E-state index is 12.0. The first-order chi connectivity index (χ1) is 9.19. The predicted molar refractivity (Wildman–Crippen MR) is 76.1 cm³/mol. The minimum absolute atomic E-state index is 0.199. The minimum Gasteiger partial charge on any atom is -0.330 e. The summed E-state index contributed by atoms with van der Waals surface area (Å²) in [6, 6.07) is 13.1. The quantitative estimate of drug-likeness (QED) is 0.879. The van der Waals surface area contributed by atoms with Crippen molar-refractivity contribution >= 4 is 11.6 Å². The molecule has 3 N–H and O–H groups in total. The number of rotatable bonds is 4. The van der Waals surface area contributed by atoms with Gasteiger partial charge in [-0.2, -0.15) is 0 Å². The molecule has 2 aromatic rings. The molecule has 0 fully saturated rings. The summed E-state index contributed by atoms with van der Waals surface area (Å²) in [4.78, 5) is 16.2. The number of nitrogens with one attached hydrogen (secondary N) is 1. The van der Waals surface area contributed by atoms with Crippen LogP contribution in [0.5, 0.6) is 0 Å². The van der Waals surface area contributed by atoms with Crippen LogP contribution in [0.15, 0.2) is 42.5 Å². The molecule has 0 aliphatic rings. The van der Waals surface area contributed by atoms with Crippen molar-refractivity contribution < 1.29 is 4.79 Å². The van der Waals surface area contributed by atoms with Crippen molar-refractivity contribution in [1.29, 1.82) is 0 Å². The van der Waals surface area contributed by atoms with Gasteiger partial charge in [-0.15, -0.1) is 0 Å². The Labute approximate surface area is 112 Å². The number of hydrogen-bond acceptors (Lipinski definition) is 3. The molecule has 0 aliphatic heterocycles. The number of carbonyl (C=O) groups is 1. The zero-order valence-electron chi connectivity index (χ0n) is 10.9. The summed E-state index contributed by atoms with van der Waals surface area (Å²) in [6.07, 6.45) is 0.841. The topological polar surface area (TPSA) is 68.0 Å². The summed E-state index contributed by atoms with van der Waals surface area (Å²) < 4.78 is 0. The van der Waals surface area contributed by atoms with Crippen LogP contribution in [0.3, 0.4) is 0 Å². The van der Waals surface area contributed by atoms with Crippen molar-refractivity contribution in [2.45, 2.75) is 13.3 Å². The van der Waals surface area contributed by atoms with Crippen LogP contribution in [0.1, 0.15) is 21.7 Å². The Kier molecular flexibility index (Phi) is 4.26. The van der Waals surface area contributed by atoms with E-state index in [0.717, 1.165) is 23.4 Å². The molecule has 0 bridgehead atoms. The predicted octanol–water partition coefficient (Wildman–Crippen LogP) is 2.14. The lowest BCUT2D eigenvalue weighted by Crippen LogP contribution is -2.14. The SMILES string of the molecule is Cc1cccc(C(=O)Nc2ccc(CCN)cc2)n1. The molecular weight excluding hydrogens is 238 g/mol. The first kappa shape index (κ1) is 13.2. The van der Waals surface area contributed by atoms with Crippen LogP contribution in [0.2, 0.25) is 0 Å². The van der Waals surface area contributed by atoms with E-state index in [1.165, 1.54) is 0 Å². The number of benzene rings is 1. The number of carbonyl (C=O) groups excluding carboxylic acids is 1. The fourth-order valence-electron chi connectivity index (χ4n) is 1.79. The molecule has 1 heterocycles. The Morgan fingerprint density at radius 1 is 1.21 bits per heavy atom. The lowest BCUT2D eigenvalue weighted by atomic mass is 10.1. The number of nitrogens with two attached hydrogens (primary N) is 1. The molecule has 0 saturated heterocycles. The highest BCUT2D eigenvalue weighted by Crippen LogP contribution is 2.11. The van der Waals surface area contributed by atoms with Gasteiger partial charge in [-0.3, -0.25) is 4.79 Å². The Hall–Kier alpha value is -2.20. The van der Waals surface area contributed by atoms with Crippen molar-refractivity contribution in [2.75, 3.05) is 11.9 Å². The molecule has 98 valence electrons. The van der Waals surface area contributed by atoms with E-state index in [1.807, 2.05) is 43.3 Å². The van der Waals surface area contributed by atoms with Crippen LogP contribution in [0.25, 0.3) is 0 Å². The molecule has 0 radical (unpaired) electrons. The molecule has 0 aliphatic carbocycles. The van der Waals surface area contributed by atoms with Crippen LogP contribution < -0.4 is 11.1 Å². The molecule has 1 amide bonds. The molecule has 0 atom stereocenters. The van der Waals surface area contributed by atoms with Crippen LogP contribution in [-0.4, -0.2) is 17.4 Å². The Bertz CT molecular complexity index is 564. The fourth-order valence-corrected chi connectivity index (χ4v) is 1.79. The van der Waals surface area contributed by atoms with Gasteiger partial charge in [0, 0.05) is 11.4 Å². The first-order valence-corrected chi connectivity index (χ1v) is 6.23. The molecule has 4 heteroatoms. The maximum atomic E-state index is 12.0. The van der Waals surface area contributed by atoms with E-state index in [9.17, 15) is 4.79 Å². The second-order valence-corrected chi connectivity index (χ2v) is 4.35. The molecule has 19 heavy (non-hydrogen) atoms.